The molecule has 2 unspecified atom stereocenters. The molecule has 1 saturated carbocycles. The van der Waals surface area contributed by atoms with Gasteiger partial charge in [0, 0.05) is 12.1 Å². The van der Waals surface area contributed by atoms with Gasteiger partial charge in [0.1, 0.15) is 0 Å². The molecule has 1 aromatic heterocycles. The fourth-order valence-corrected chi connectivity index (χ4v) is 3.14. The van der Waals surface area contributed by atoms with E-state index in [2.05, 4.69) is 17.2 Å². The van der Waals surface area contributed by atoms with E-state index in [-0.39, 0.29) is 11.4 Å². The van der Waals surface area contributed by atoms with Crippen LogP contribution in [0.15, 0.2) is 12.3 Å². The molecule has 1 aliphatic rings. The van der Waals surface area contributed by atoms with Crippen molar-refractivity contribution in [1.82, 2.24) is 4.98 Å². The van der Waals surface area contributed by atoms with Gasteiger partial charge in [-0.2, -0.15) is 0 Å². The molecule has 1 heterocycles. The van der Waals surface area contributed by atoms with Crippen molar-refractivity contribution >= 4 is 29.0 Å². The highest BCUT2D eigenvalue weighted by Gasteiger charge is 2.35. The Morgan fingerprint density at radius 1 is 1.61 bits per heavy atom. The third-order valence-corrected chi connectivity index (χ3v) is 4.26. The van der Waals surface area contributed by atoms with Crippen molar-refractivity contribution in [2.45, 2.75) is 38.1 Å². The predicted octanol–water partition coefficient (Wildman–Crippen LogP) is 4.47. The second kappa shape index (κ2) is 5.62. The Kier molecular flexibility index (Phi) is 4.33. The summed E-state index contributed by atoms with van der Waals surface area (Å²) in [6.07, 6.45) is 5.65. The van der Waals surface area contributed by atoms with Gasteiger partial charge in [-0.15, -0.1) is 11.6 Å². The molecule has 0 radical (unpaired) electrons. The van der Waals surface area contributed by atoms with Crippen LogP contribution in [0.4, 0.5) is 10.2 Å². The summed E-state index contributed by atoms with van der Waals surface area (Å²) < 4.78 is 13.8. The van der Waals surface area contributed by atoms with Crippen molar-refractivity contribution in [2.24, 2.45) is 5.92 Å². The summed E-state index contributed by atoms with van der Waals surface area (Å²) in [5.41, 5.74) is -0.249. The van der Waals surface area contributed by atoms with E-state index < -0.39 is 5.82 Å². The van der Waals surface area contributed by atoms with Crippen molar-refractivity contribution in [3.05, 3.63) is 23.1 Å². The molecule has 0 aromatic carbocycles. The van der Waals surface area contributed by atoms with Gasteiger partial charge in [0.05, 0.1) is 10.6 Å². The van der Waals surface area contributed by atoms with E-state index in [1.165, 1.54) is 18.7 Å². The molecule has 18 heavy (non-hydrogen) atoms. The second-order valence-electron chi connectivity index (χ2n) is 5.22. The summed E-state index contributed by atoms with van der Waals surface area (Å²) in [4.78, 5) is 4.01. The number of anilines is 1. The lowest BCUT2D eigenvalue weighted by Gasteiger charge is -2.39. The van der Waals surface area contributed by atoms with Gasteiger partial charge >= 0.3 is 0 Å². The molecule has 0 spiro atoms. The van der Waals surface area contributed by atoms with Crippen LogP contribution in [-0.2, 0) is 0 Å². The molecule has 0 amide bonds. The fraction of sp³-hybridized carbons (Fsp3) is 0.615. The number of aromatic nitrogens is 1. The van der Waals surface area contributed by atoms with Crippen molar-refractivity contribution in [3.8, 4) is 0 Å². The molecule has 1 N–H and O–H groups in total. The maximum absolute atomic E-state index is 13.8. The first-order valence-electron chi connectivity index (χ1n) is 6.20. The number of halogens is 3. The van der Waals surface area contributed by atoms with Crippen LogP contribution in [0, 0.1) is 11.7 Å². The zero-order valence-corrected chi connectivity index (χ0v) is 11.9. The molecule has 2 rings (SSSR count). The largest absolute Gasteiger partial charge is 0.361 e. The molecule has 1 aliphatic carbocycles. The van der Waals surface area contributed by atoms with Crippen LogP contribution in [0.3, 0.4) is 0 Å². The third kappa shape index (κ3) is 3.07. The van der Waals surface area contributed by atoms with E-state index >= 15 is 0 Å². The van der Waals surface area contributed by atoms with Gasteiger partial charge < -0.3 is 5.32 Å². The minimum absolute atomic E-state index is 0.245. The molecule has 1 fully saturated rings. The minimum Gasteiger partial charge on any atom is -0.361 e. The lowest BCUT2D eigenvalue weighted by molar-refractivity contribution is 0.278. The zero-order chi connectivity index (χ0) is 13.2. The number of hydrogen-bond donors (Lipinski definition) is 1. The summed E-state index contributed by atoms with van der Waals surface area (Å²) in [5.74, 6) is 0.876. The standard InChI is InChI=1S/C13H17Cl2FN2/c1-9-3-2-4-13(6-9,8-14)18-12-11(16)5-10(15)7-17-12/h5,7,9H,2-4,6,8H2,1H3,(H,17,18). The summed E-state index contributed by atoms with van der Waals surface area (Å²) in [6, 6.07) is 1.27. The summed E-state index contributed by atoms with van der Waals surface area (Å²) in [5, 5.41) is 3.49. The van der Waals surface area contributed by atoms with Crippen LogP contribution >= 0.6 is 23.2 Å². The number of alkyl halides is 1. The lowest BCUT2D eigenvalue weighted by atomic mass is 9.77. The quantitative estimate of drug-likeness (QED) is 0.831. The van der Waals surface area contributed by atoms with Crippen molar-refractivity contribution in [3.63, 3.8) is 0 Å². The van der Waals surface area contributed by atoms with E-state index in [9.17, 15) is 4.39 Å². The number of nitrogens with zero attached hydrogens (tertiary/aromatic N) is 1. The molecule has 2 atom stereocenters. The van der Waals surface area contributed by atoms with E-state index in [0.29, 0.717) is 16.8 Å². The van der Waals surface area contributed by atoms with Gasteiger partial charge in [0.2, 0.25) is 0 Å². The highest BCUT2D eigenvalue weighted by atomic mass is 35.5. The van der Waals surface area contributed by atoms with Crippen LogP contribution in [-0.4, -0.2) is 16.4 Å². The third-order valence-electron chi connectivity index (χ3n) is 3.54. The Hall–Kier alpha value is -0.540. The molecule has 0 bridgehead atoms. The normalized spacial score (nSPS) is 28.1. The van der Waals surface area contributed by atoms with E-state index in [4.69, 9.17) is 23.2 Å². The molecule has 100 valence electrons. The SMILES string of the molecule is CC1CCCC(CCl)(Nc2ncc(Cl)cc2F)C1. The van der Waals surface area contributed by atoms with Crippen LogP contribution in [0.5, 0.6) is 0 Å². The van der Waals surface area contributed by atoms with Gasteiger partial charge in [-0.25, -0.2) is 9.37 Å². The van der Waals surface area contributed by atoms with Gasteiger partial charge in [-0.3, -0.25) is 0 Å². The van der Waals surface area contributed by atoms with Crippen molar-refractivity contribution in [2.75, 3.05) is 11.2 Å². The second-order valence-corrected chi connectivity index (χ2v) is 5.93. The average Bonchev–Trinajstić information content (AvgIpc) is 2.33. The van der Waals surface area contributed by atoms with Crippen LogP contribution in [0.2, 0.25) is 5.02 Å². The first kappa shape index (κ1) is 13.9. The Morgan fingerprint density at radius 3 is 3.00 bits per heavy atom. The first-order chi connectivity index (χ1) is 8.54. The molecule has 0 saturated heterocycles. The van der Waals surface area contributed by atoms with Crippen LogP contribution < -0.4 is 5.32 Å². The zero-order valence-electron chi connectivity index (χ0n) is 10.3. The Bertz CT molecular complexity index is 427. The molecular weight excluding hydrogens is 274 g/mol. The Balaban J connectivity index is 2.19. The Labute approximate surface area is 117 Å². The van der Waals surface area contributed by atoms with Crippen LogP contribution in [0.1, 0.15) is 32.6 Å². The molecule has 1 aromatic rings. The monoisotopic (exact) mass is 290 g/mol. The predicted molar refractivity (Wildman–Crippen MR) is 73.9 cm³/mol. The van der Waals surface area contributed by atoms with Gasteiger partial charge in [0.25, 0.3) is 0 Å². The number of hydrogen-bond acceptors (Lipinski definition) is 2. The van der Waals surface area contributed by atoms with Crippen molar-refractivity contribution in [1.29, 1.82) is 0 Å². The highest BCUT2D eigenvalue weighted by Crippen LogP contribution is 2.36. The molecule has 5 heteroatoms. The minimum atomic E-state index is -0.426. The fourth-order valence-electron chi connectivity index (χ4n) is 2.69. The average molecular weight is 291 g/mol. The summed E-state index contributed by atoms with van der Waals surface area (Å²) in [7, 11) is 0. The van der Waals surface area contributed by atoms with Gasteiger partial charge in [-0.1, -0.05) is 31.4 Å². The maximum Gasteiger partial charge on any atom is 0.166 e. The van der Waals surface area contributed by atoms with Gasteiger partial charge in [-0.05, 0) is 24.8 Å². The lowest BCUT2D eigenvalue weighted by Crippen LogP contribution is -2.44. The van der Waals surface area contributed by atoms with Gasteiger partial charge in [0.15, 0.2) is 11.6 Å². The summed E-state index contributed by atoms with van der Waals surface area (Å²) >= 11 is 11.8. The van der Waals surface area contributed by atoms with E-state index in [0.717, 1.165) is 19.3 Å². The number of nitrogens with one attached hydrogen (secondary N) is 1. The van der Waals surface area contributed by atoms with Crippen molar-refractivity contribution < 1.29 is 4.39 Å². The first-order valence-corrected chi connectivity index (χ1v) is 7.11. The number of pyridine rings is 1. The van der Waals surface area contributed by atoms with E-state index in [1.54, 1.807) is 0 Å². The van der Waals surface area contributed by atoms with Crippen LogP contribution in [0.25, 0.3) is 0 Å². The Morgan fingerprint density at radius 2 is 2.39 bits per heavy atom. The molecule has 2 nitrogen and oxygen atoms in total. The molecule has 0 aliphatic heterocycles. The smallest absolute Gasteiger partial charge is 0.166 e. The molecular formula is C13H17Cl2FN2. The topological polar surface area (TPSA) is 24.9 Å². The summed E-state index contributed by atoms with van der Waals surface area (Å²) in [6.45, 7) is 2.20. The number of rotatable bonds is 3. The van der Waals surface area contributed by atoms with E-state index in [1.807, 2.05) is 0 Å². The highest BCUT2D eigenvalue weighted by molar-refractivity contribution is 6.30. The maximum atomic E-state index is 13.8.